The Morgan fingerprint density at radius 3 is 2.76 bits per heavy atom. The Bertz CT molecular complexity index is 524. The minimum absolute atomic E-state index is 0.564. The first kappa shape index (κ1) is 12.6. The van der Waals surface area contributed by atoms with E-state index in [4.69, 9.17) is 11.6 Å². The van der Waals surface area contributed by atoms with Gasteiger partial charge in [0.1, 0.15) is 6.10 Å². The van der Waals surface area contributed by atoms with Crippen LogP contribution in [0.1, 0.15) is 27.8 Å². The first-order valence-electron chi connectivity index (χ1n) is 5.41. The highest BCUT2D eigenvalue weighted by molar-refractivity contribution is 7.16. The third kappa shape index (κ3) is 3.06. The first-order chi connectivity index (χ1) is 8.06. The van der Waals surface area contributed by atoms with Crippen LogP contribution in [0.4, 0.5) is 0 Å². The molecule has 0 aliphatic carbocycles. The van der Waals surface area contributed by atoms with Crippen LogP contribution in [0.15, 0.2) is 24.4 Å². The van der Waals surface area contributed by atoms with Gasteiger partial charge in [-0.15, -0.1) is 11.3 Å². The van der Waals surface area contributed by atoms with E-state index in [-0.39, 0.29) is 0 Å². The summed E-state index contributed by atoms with van der Waals surface area (Å²) in [6, 6.07) is 5.83. The van der Waals surface area contributed by atoms with E-state index >= 15 is 0 Å². The number of halogens is 1. The molecule has 90 valence electrons. The van der Waals surface area contributed by atoms with E-state index in [0.717, 1.165) is 26.0 Å². The van der Waals surface area contributed by atoms with Gasteiger partial charge in [0.2, 0.25) is 0 Å². The van der Waals surface area contributed by atoms with Gasteiger partial charge in [0.05, 0.1) is 10.0 Å². The van der Waals surface area contributed by atoms with Gasteiger partial charge >= 0.3 is 0 Å². The minimum Gasteiger partial charge on any atom is -0.386 e. The summed E-state index contributed by atoms with van der Waals surface area (Å²) in [4.78, 5) is 5.38. The van der Waals surface area contributed by atoms with Crippen molar-refractivity contribution in [1.29, 1.82) is 0 Å². The number of nitrogens with zero attached hydrogens (tertiary/aromatic N) is 1. The summed E-state index contributed by atoms with van der Waals surface area (Å²) in [6.45, 7) is 3.97. The van der Waals surface area contributed by atoms with Gasteiger partial charge in [0.15, 0.2) is 0 Å². The Labute approximate surface area is 110 Å². The van der Waals surface area contributed by atoms with Gasteiger partial charge in [-0.25, -0.2) is 0 Å². The van der Waals surface area contributed by atoms with Crippen molar-refractivity contribution < 1.29 is 5.11 Å². The molecule has 0 radical (unpaired) electrons. The van der Waals surface area contributed by atoms with E-state index in [0.29, 0.717) is 6.42 Å². The second-order valence-corrected chi connectivity index (χ2v) is 5.94. The molecule has 1 unspecified atom stereocenters. The molecule has 0 fully saturated rings. The van der Waals surface area contributed by atoms with Gasteiger partial charge in [0.25, 0.3) is 0 Å². The van der Waals surface area contributed by atoms with Crippen molar-refractivity contribution in [1.82, 2.24) is 4.98 Å². The summed E-state index contributed by atoms with van der Waals surface area (Å²) in [5, 5.41) is 10.2. The van der Waals surface area contributed by atoms with Gasteiger partial charge in [0, 0.05) is 17.5 Å². The molecule has 0 aliphatic heterocycles. The zero-order chi connectivity index (χ0) is 12.4. The van der Waals surface area contributed by atoms with E-state index in [1.165, 1.54) is 11.3 Å². The fourth-order valence-corrected chi connectivity index (χ4v) is 2.95. The first-order valence-corrected chi connectivity index (χ1v) is 6.61. The summed E-state index contributed by atoms with van der Waals surface area (Å²) in [7, 11) is 0. The average Bonchev–Trinajstić information content (AvgIpc) is 2.63. The van der Waals surface area contributed by atoms with Crippen molar-refractivity contribution in [3.63, 3.8) is 0 Å². The number of pyridine rings is 1. The number of aryl methyl sites for hydroxylation is 2. The van der Waals surface area contributed by atoms with Crippen molar-refractivity contribution in [2.24, 2.45) is 0 Å². The number of hydrogen-bond donors (Lipinski definition) is 1. The van der Waals surface area contributed by atoms with E-state index in [2.05, 4.69) is 4.98 Å². The number of hydrogen-bond acceptors (Lipinski definition) is 3. The fraction of sp³-hybridized carbons (Fsp3) is 0.308. The largest absolute Gasteiger partial charge is 0.386 e. The third-order valence-electron chi connectivity index (χ3n) is 2.59. The van der Waals surface area contributed by atoms with Crippen LogP contribution >= 0.6 is 22.9 Å². The van der Waals surface area contributed by atoms with Crippen molar-refractivity contribution in [2.75, 3.05) is 0 Å². The molecule has 1 N–H and O–H groups in total. The molecule has 2 aromatic heterocycles. The number of aliphatic hydroxyl groups excluding tert-OH is 1. The van der Waals surface area contributed by atoms with Crippen LogP contribution in [0.3, 0.4) is 0 Å². The highest BCUT2D eigenvalue weighted by Crippen LogP contribution is 2.27. The third-order valence-corrected chi connectivity index (χ3v) is 3.85. The molecule has 0 spiro atoms. The van der Waals surface area contributed by atoms with Crippen molar-refractivity contribution in [2.45, 2.75) is 26.4 Å². The number of rotatable bonds is 3. The zero-order valence-corrected chi connectivity index (χ0v) is 11.3. The summed E-state index contributed by atoms with van der Waals surface area (Å²) >= 11 is 7.36. The lowest BCUT2D eigenvalue weighted by atomic mass is 10.1. The van der Waals surface area contributed by atoms with Crippen molar-refractivity contribution in [3.8, 4) is 0 Å². The van der Waals surface area contributed by atoms with E-state index in [1.807, 2.05) is 32.0 Å². The Morgan fingerprint density at radius 1 is 1.41 bits per heavy atom. The SMILES string of the molecule is Cc1cnc(C(O)Cc2ccc(Cl)s2)c(C)c1. The molecule has 0 bridgehead atoms. The van der Waals surface area contributed by atoms with Crippen LogP contribution in [-0.4, -0.2) is 10.1 Å². The normalized spacial score (nSPS) is 12.7. The fourth-order valence-electron chi connectivity index (χ4n) is 1.82. The quantitative estimate of drug-likeness (QED) is 0.920. The highest BCUT2D eigenvalue weighted by atomic mass is 35.5. The molecular weight excluding hydrogens is 254 g/mol. The lowest BCUT2D eigenvalue weighted by Gasteiger charge is -2.12. The van der Waals surface area contributed by atoms with Crippen LogP contribution < -0.4 is 0 Å². The van der Waals surface area contributed by atoms with Crippen LogP contribution in [0.25, 0.3) is 0 Å². The molecule has 0 aromatic carbocycles. The molecule has 0 saturated heterocycles. The number of thiophene rings is 1. The maximum Gasteiger partial charge on any atom is 0.101 e. The van der Waals surface area contributed by atoms with Crippen molar-refractivity contribution in [3.05, 3.63) is 50.4 Å². The Kier molecular flexibility index (Phi) is 3.82. The van der Waals surface area contributed by atoms with Crippen LogP contribution in [0.2, 0.25) is 4.34 Å². The molecular formula is C13H14ClNOS. The van der Waals surface area contributed by atoms with Gasteiger partial charge < -0.3 is 5.11 Å². The molecule has 2 nitrogen and oxygen atoms in total. The molecule has 2 heterocycles. The zero-order valence-electron chi connectivity index (χ0n) is 9.77. The van der Waals surface area contributed by atoms with Crippen LogP contribution in [0, 0.1) is 13.8 Å². The molecule has 2 rings (SSSR count). The molecule has 0 amide bonds. The lowest BCUT2D eigenvalue weighted by Crippen LogP contribution is -2.05. The van der Waals surface area contributed by atoms with Gasteiger partial charge in [-0.1, -0.05) is 17.7 Å². The number of aromatic nitrogens is 1. The Morgan fingerprint density at radius 2 is 2.18 bits per heavy atom. The van der Waals surface area contributed by atoms with Gasteiger partial charge in [-0.3, -0.25) is 4.98 Å². The predicted molar refractivity (Wildman–Crippen MR) is 71.7 cm³/mol. The highest BCUT2D eigenvalue weighted by Gasteiger charge is 2.14. The molecule has 4 heteroatoms. The van der Waals surface area contributed by atoms with Gasteiger partial charge in [-0.2, -0.15) is 0 Å². The average molecular weight is 268 g/mol. The van der Waals surface area contributed by atoms with Crippen molar-refractivity contribution >= 4 is 22.9 Å². The Hall–Kier alpha value is -0.900. The predicted octanol–water partition coefficient (Wildman–Crippen LogP) is 3.69. The summed E-state index contributed by atoms with van der Waals surface area (Å²) in [6.07, 6.45) is 1.78. The second kappa shape index (κ2) is 5.17. The van der Waals surface area contributed by atoms with Crippen LogP contribution in [-0.2, 0) is 6.42 Å². The minimum atomic E-state index is -0.565. The van der Waals surface area contributed by atoms with E-state index < -0.39 is 6.10 Å². The summed E-state index contributed by atoms with van der Waals surface area (Å²) < 4.78 is 0.751. The molecule has 17 heavy (non-hydrogen) atoms. The van der Waals surface area contributed by atoms with E-state index in [9.17, 15) is 5.11 Å². The summed E-state index contributed by atoms with van der Waals surface area (Å²) in [5.74, 6) is 0. The number of aliphatic hydroxyl groups is 1. The topological polar surface area (TPSA) is 33.1 Å². The molecule has 2 aromatic rings. The summed E-state index contributed by atoms with van der Waals surface area (Å²) in [5.41, 5.74) is 2.89. The maximum atomic E-state index is 10.2. The Balaban J connectivity index is 2.17. The maximum absolute atomic E-state index is 10.2. The van der Waals surface area contributed by atoms with Gasteiger partial charge in [-0.05, 0) is 37.1 Å². The standard InChI is InChI=1S/C13H14ClNOS/c1-8-5-9(2)13(15-7-8)11(16)6-10-3-4-12(14)17-10/h3-5,7,11,16H,6H2,1-2H3. The van der Waals surface area contributed by atoms with E-state index in [1.54, 1.807) is 6.20 Å². The van der Waals surface area contributed by atoms with Crippen LogP contribution in [0.5, 0.6) is 0 Å². The lowest BCUT2D eigenvalue weighted by molar-refractivity contribution is 0.174. The monoisotopic (exact) mass is 267 g/mol. The second-order valence-electron chi connectivity index (χ2n) is 4.14. The molecule has 1 atom stereocenters. The molecule has 0 aliphatic rings. The molecule has 0 saturated carbocycles. The smallest absolute Gasteiger partial charge is 0.101 e.